The number of rotatable bonds is 1. The van der Waals surface area contributed by atoms with E-state index in [4.69, 9.17) is 34.8 Å². The van der Waals surface area contributed by atoms with Crippen LogP contribution in [0.4, 0.5) is 4.39 Å². The molecule has 0 aromatic carbocycles. The molecule has 0 aliphatic heterocycles. The SMILES string of the molecule is O=C(c1c[nH]c2c(F)cncc12)C(Cl)(Cl)Cl. The van der Waals surface area contributed by atoms with Gasteiger partial charge in [0.05, 0.1) is 11.7 Å². The molecule has 2 aromatic heterocycles. The topological polar surface area (TPSA) is 45.8 Å². The molecule has 0 aliphatic rings. The number of halogens is 4. The van der Waals surface area contributed by atoms with Crippen molar-refractivity contribution in [2.75, 3.05) is 0 Å². The molecule has 0 unspecified atom stereocenters. The van der Waals surface area contributed by atoms with E-state index in [2.05, 4.69) is 9.97 Å². The number of fused-ring (bicyclic) bond motifs is 1. The van der Waals surface area contributed by atoms with E-state index in [-0.39, 0.29) is 16.5 Å². The number of hydrogen-bond acceptors (Lipinski definition) is 2. The van der Waals surface area contributed by atoms with Gasteiger partial charge in [0.15, 0.2) is 5.82 Å². The van der Waals surface area contributed by atoms with Crippen LogP contribution in [0.1, 0.15) is 10.4 Å². The van der Waals surface area contributed by atoms with Crippen molar-refractivity contribution in [1.82, 2.24) is 9.97 Å². The Bertz CT molecular complexity index is 561. The molecule has 7 heteroatoms. The number of aromatic nitrogens is 2. The van der Waals surface area contributed by atoms with Crippen LogP contribution in [0.3, 0.4) is 0 Å². The molecule has 16 heavy (non-hydrogen) atoms. The maximum Gasteiger partial charge on any atom is 0.253 e. The van der Waals surface area contributed by atoms with Crippen molar-refractivity contribution in [1.29, 1.82) is 0 Å². The molecule has 0 fully saturated rings. The van der Waals surface area contributed by atoms with Gasteiger partial charge in [-0.3, -0.25) is 9.78 Å². The highest BCUT2D eigenvalue weighted by atomic mass is 35.6. The van der Waals surface area contributed by atoms with Crippen molar-refractivity contribution in [3.05, 3.63) is 30.0 Å². The Balaban J connectivity index is 2.64. The monoisotopic (exact) mass is 280 g/mol. The Morgan fingerprint density at radius 1 is 1.38 bits per heavy atom. The number of nitrogens with zero attached hydrogens (tertiary/aromatic N) is 1. The quantitative estimate of drug-likeness (QED) is 0.644. The summed E-state index contributed by atoms with van der Waals surface area (Å²) in [4.78, 5) is 17.9. The van der Waals surface area contributed by atoms with Crippen LogP contribution in [0.5, 0.6) is 0 Å². The first-order valence-corrected chi connectivity index (χ1v) is 5.27. The summed E-state index contributed by atoms with van der Waals surface area (Å²) in [7, 11) is 0. The van der Waals surface area contributed by atoms with Crippen molar-refractivity contribution in [2.45, 2.75) is 3.79 Å². The number of carbonyl (C=O) groups is 1. The Morgan fingerprint density at radius 3 is 2.69 bits per heavy atom. The standard InChI is InChI=1S/C9H4Cl3FN2O/c10-9(11,12)8(16)5-2-15-7-4(5)1-14-3-6(7)13/h1-3,15H. The van der Waals surface area contributed by atoms with Crippen molar-refractivity contribution in [2.24, 2.45) is 0 Å². The molecule has 0 atom stereocenters. The maximum atomic E-state index is 13.3. The summed E-state index contributed by atoms with van der Waals surface area (Å²) in [6, 6.07) is 0. The van der Waals surface area contributed by atoms with Crippen LogP contribution in [-0.2, 0) is 0 Å². The predicted octanol–water partition coefficient (Wildman–Crippen LogP) is 3.25. The molecular weight excluding hydrogens is 277 g/mol. The molecule has 0 saturated heterocycles. The molecule has 0 amide bonds. The van der Waals surface area contributed by atoms with Crippen molar-refractivity contribution in [3.63, 3.8) is 0 Å². The van der Waals surface area contributed by atoms with Gasteiger partial charge in [0.1, 0.15) is 0 Å². The maximum absolute atomic E-state index is 13.3. The molecule has 2 rings (SSSR count). The molecule has 2 heterocycles. The zero-order chi connectivity index (χ0) is 11.9. The van der Waals surface area contributed by atoms with E-state index in [0.29, 0.717) is 0 Å². The number of ketones is 1. The fraction of sp³-hybridized carbons (Fsp3) is 0.111. The number of pyridine rings is 1. The highest BCUT2D eigenvalue weighted by molar-refractivity contribution is 6.77. The Labute approximate surface area is 105 Å². The van der Waals surface area contributed by atoms with E-state index in [9.17, 15) is 9.18 Å². The summed E-state index contributed by atoms with van der Waals surface area (Å²) in [6.45, 7) is 0. The first-order chi connectivity index (χ1) is 7.41. The Kier molecular flexibility index (Phi) is 2.82. The second-order valence-corrected chi connectivity index (χ2v) is 5.35. The Morgan fingerprint density at radius 2 is 2.06 bits per heavy atom. The van der Waals surface area contributed by atoms with Gasteiger partial charge in [-0.2, -0.15) is 0 Å². The highest BCUT2D eigenvalue weighted by Crippen LogP contribution is 2.33. The zero-order valence-corrected chi connectivity index (χ0v) is 9.87. The lowest BCUT2D eigenvalue weighted by Gasteiger charge is -2.07. The molecular formula is C9H4Cl3FN2O. The van der Waals surface area contributed by atoms with Crippen LogP contribution in [0.2, 0.25) is 0 Å². The van der Waals surface area contributed by atoms with Crippen LogP contribution in [-0.4, -0.2) is 19.5 Å². The highest BCUT2D eigenvalue weighted by Gasteiger charge is 2.33. The van der Waals surface area contributed by atoms with E-state index in [1.807, 2.05) is 0 Å². The molecule has 2 aromatic rings. The second kappa shape index (κ2) is 3.87. The van der Waals surface area contributed by atoms with Gasteiger partial charge in [0.25, 0.3) is 3.79 Å². The zero-order valence-electron chi connectivity index (χ0n) is 7.60. The molecule has 0 aliphatic carbocycles. The van der Waals surface area contributed by atoms with Crippen molar-refractivity contribution in [3.8, 4) is 0 Å². The third-order valence-electron chi connectivity index (χ3n) is 2.05. The lowest BCUT2D eigenvalue weighted by Crippen LogP contribution is -2.18. The largest absolute Gasteiger partial charge is 0.358 e. The average molecular weight is 282 g/mol. The molecule has 0 bridgehead atoms. The second-order valence-electron chi connectivity index (χ2n) is 3.07. The lowest BCUT2D eigenvalue weighted by atomic mass is 10.1. The lowest BCUT2D eigenvalue weighted by molar-refractivity contribution is 0.0998. The molecule has 0 saturated carbocycles. The number of H-pyrrole nitrogens is 1. The van der Waals surface area contributed by atoms with Crippen LogP contribution < -0.4 is 0 Å². The van der Waals surface area contributed by atoms with Gasteiger partial charge >= 0.3 is 0 Å². The molecule has 0 spiro atoms. The van der Waals surface area contributed by atoms with Crippen LogP contribution in [0.15, 0.2) is 18.6 Å². The third-order valence-corrected chi connectivity index (χ3v) is 2.57. The van der Waals surface area contributed by atoms with Crippen LogP contribution in [0, 0.1) is 5.82 Å². The number of nitrogens with one attached hydrogen (secondary N) is 1. The number of Topliss-reactive ketones (excluding diaryl/α,β-unsaturated/α-hetero) is 1. The summed E-state index contributed by atoms with van der Waals surface area (Å²) in [5, 5.41) is 0.288. The summed E-state index contributed by atoms with van der Waals surface area (Å²) < 4.78 is 11.2. The summed E-state index contributed by atoms with van der Waals surface area (Å²) >= 11 is 16.4. The van der Waals surface area contributed by atoms with Gasteiger partial charge in [-0.1, -0.05) is 34.8 Å². The van der Waals surface area contributed by atoms with Gasteiger partial charge in [-0.05, 0) is 0 Å². The number of alkyl halides is 3. The minimum absolute atomic E-state index is 0.0991. The first-order valence-electron chi connectivity index (χ1n) is 4.13. The predicted molar refractivity (Wildman–Crippen MR) is 60.7 cm³/mol. The van der Waals surface area contributed by atoms with Crippen LogP contribution in [0.25, 0.3) is 10.9 Å². The van der Waals surface area contributed by atoms with E-state index in [1.165, 1.54) is 12.4 Å². The van der Waals surface area contributed by atoms with Gasteiger partial charge < -0.3 is 4.98 Å². The molecule has 3 nitrogen and oxygen atoms in total. The van der Waals surface area contributed by atoms with E-state index in [1.54, 1.807) is 0 Å². The van der Waals surface area contributed by atoms with Crippen molar-refractivity contribution >= 4 is 51.5 Å². The third kappa shape index (κ3) is 1.88. The first kappa shape index (κ1) is 11.6. The minimum atomic E-state index is -2.07. The van der Waals surface area contributed by atoms with E-state index >= 15 is 0 Å². The van der Waals surface area contributed by atoms with Crippen molar-refractivity contribution < 1.29 is 9.18 Å². The molecule has 0 radical (unpaired) electrons. The van der Waals surface area contributed by atoms with Gasteiger partial charge in [-0.25, -0.2) is 4.39 Å². The molecule has 84 valence electrons. The van der Waals surface area contributed by atoms with Crippen LogP contribution >= 0.6 is 34.8 Å². The summed E-state index contributed by atoms with van der Waals surface area (Å²) in [5.41, 5.74) is 0.259. The smallest absolute Gasteiger partial charge is 0.253 e. The summed E-state index contributed by atoms with van der Waals surface area (Å²) in [5.74, 6) is -1.29. The van der Waals surface area contributed by atoms with E-state index < -0.39 is 15.4 Å². The average Bonchev–Trinajstić information content (AvgIpc) is 2.60. The number of aromatic amines is 1. The normalized spacial score (nSPS) is 12.0. The molecule has 1 N–H and O–H groups in total. The van der Waals surface area contributed by atoms with Gasteiger partial charge in [-0.15, -0.1) is 0 Å². The fourth-order valence-electron chi connectivity index (χ4n) is 1.35. The number of hydrogen-bond donors (Lipinski definition) is 1. The fourth-order valence-corrected chi connectivity index (χ4v) is 1.65. The minimum Gasteiger partial charge on any atom is -0.358 e. The number of carbonyl (C=O) groups excluding carboxylic acids is 1. The summed E-state index contributed by atoms with van der Waals surface area (Å²) in [6.07, 6.45) is 3.65. The van der Waals surface area contributed by atoms with Gasteiger partial charge in [0, 0.05) is 23.3 Å². The van der Waals surface area contributed by atoms with E-state index in [0.717, 1.165) is 6.20 Å². The Hall–Kier alpha value is -0.840. The van der Waals surface area contributed by atoms with Gasteiger partial charge in [0.2, 0.25) is 5.78 Å².